The van der Waals surface area contributed by atoms with E-state index in [1.54, 1.807) is 4.90 Å². The van der Waals surface area contributed by atoms with Crippen molar-refractivity contribution in [2.24, 2.45) is 11.8 Å². The number of hydrogen-bond donors (Lipinski definition) is 0. The summed E-state index contributed by atoms with van der Waals surface area (Å²) in [6.45, 7) is 5.39. The molecule has 6 nitrogen and oxygen atoms in total. The Labute approximate surface area is 177 Å². The molecule has 158 valence electrons. The lowest BCUT2D eigenvalue weighted by molar-refractivity contribution is 0.0598. The molecule has 1 aromatic carbocycles. The zero-order valence-electron chi connectivity index (χ0n) is 17.8. The monoisotopic (exact) mass is 408 g/mol. The molecule has 0 aliphatic carbocycles. The first-order valence-corrected chi connectivity index (χ1v) is 10.4. The largest absolute Gasteiger partial charge is 0.465 e. The van der Waals surface area contributed by atoms with Crippen molar-refractivity contribution in [2.45, 2.75) is 33.1 Å². The van der Waals surface area contributed by atoms with Gasteiger partial charge in [-0.3, -0.25) is 14.6 Å². The Kier molecular flexibility index (Phi) is 6.98. The first-order chi connectivity index (χ1) is 14.4. The lowest BCUT2D eigenvalue weighted by Gasteiger charge is -2.31. The third-order valence-electron chi connectivity index (χ3n) is 5.44. The lowest BCUT2D eigenvalue weighted by Crippen LogP contribution is -2.40. The average Bonchev–Trinajstić information content (AvgIpc) is 2.78. The van der Waals surface area contributed by atoms with Crippen LogP contribution in [0.15, 0.2) is 42.6 Å². The number of esters is 1. The minimum Gasteiger partial charge on any atom is -0.465 e. The summed E-state index contributed by atoms with van der Waals surface area (Å²) in [5.74, 6) is -0.00796. The number of piperidine rings is 1. The van der Waals surface area contributed by atoms with Crippen LogP contribution in [0.3, 0.4) is 0 Å². The van der Waals surface area contributed by atoms with Gasteiger partial charge in [0.25, 0.3) is 5.91 Å². The van der Waals surface area contributed by atoms with Gasteiger partial charge in [0.15, 0.2) is 5.78 Å². The van der Waals surface area contributed by atoms with Gasteiger partial charge < -0.3 is 9.64 Å². The molecule has 1 aromatic heterocycles. The van der Waals surface area contributed by atoms with Gasteiger partial charge in [0.2, 0.25) is 0 Å². The zero-order valence-corrected chi connectivity index (χ0v) is 17.8. The second kappa shape index (κ2) is 9.65. The van der Waals surface area contributed by atoms with Gasteiger partial charge in [-0.2, -0.15) is 0 Å². The van der Waals surface area contributed by atoms with Crippen molar-refractivity contribution in [3.8, 4) is 0 Å². The quantitative estimate of drug-likeness (QED) is 0.537. The Morgan fingerprint density at radius 2 is 1.67 bits per heavy atom. The maximum Gasteiger partial charge on any atom is 0.339 e. The first-order valence-electron chi connectivity index (χ1n) is 10.4. The zero-order chi connectivity index (χ0) is 21.7. The summed E-state index contributed by atoms with van der Waals surface area (Å²) in [6, 6.07) is 11.0. The van der Waals surface area contributed by atoms with Crippen molar-refractivity contribution in [1.82, 2.24) is 9.88 Å². The molecule has 6 heteroatoms. The molecule has 2 heterocycles. The van der Waals surface area contributed by atoms with E-state index in [9.17, 15) is 14.4 Å². The first kappa shape index (κ1) is 21.7. The number of Topliss-reactive ketones (excluding diaryl/α,β-unsaturated/α-hetero) is 1. The van der Waals surface area contributed by atoms with Crippen LogP contribution in [0.25, 0.3) is 0 Å². The second-order valence-electron chi connectivity index (χ2n) is 8.15. The highest BCUT2D eigenvalue weighted by Gasteiger charge is 2.29. The van der Waals surface area contributed by atoms with Crippen LogP contribution in [0.1, 0.15) is 63.5 Å². The maximum absolute atomic E-state index is 12.8. The molecular weight excluding hydrogens is 380 g/mol. The number of rotatable bonds is 6. The van der Waals surface area contributed by atoms with Crippen LogP contribution in [-0.2, 0) is 11.2 Å². The average molecular weight is 408 g/mol. The molecule has 0 N–H and O–H groups in total. The Balaban J connectivity index is 1.56. The molecule has 1 fully saturated rings. The van der Waals surface area contributed by atoms with Crippen molar-refractivity contribution in [1.29, 1.82) is 0 Å². The molecule has 0 atom stereocenters. The van der Waals surface area contributed by atoms with Gasteiger partial charge in [0, 0.05) is 30.8 Å². The van der Waals surface area contributed by atoms with Crippen LogP contribution < -0.4 is 0 Å². The summed E-state index contributed by atoms with van der Waals surface area (Å²) in [5.41, 5.74) is 2.57. The molecule has 1 aliphatic rings. The smallest absolute Gasteiger partial charge is 0.339 e. The van der Waals surface area contributed by atoms with Gasteiger partial charge in [-0.15, -0.1) is 0 Å². The number of ketones is 1. The van der Waals surface area contributed by atoms with Crippen LogP contribution in [0.2, 0.25) is 0 Å². The van der Waals surface area contributed by atoms with Crippen molar-refractivity contribution in [3.05, 3.63) is 65.0 Å². The molecule has 30 heavy (non-hydrogen) atoms. The third kappa shape index (κ3) is 5.12. The molecule has 3 rings (SSSR count). The highest BCUT2D eigenvalue weighted by molar-refractivity contribution is 5.98. The Morgan fingerprint density at radius 3 is 2.20 bits per heavy atom. The number of ether oxygens (including phenoxy) is 1. The van der Waals surface area contributed by atoms with E-state index in [-0.39, 0.29) is 23.3 Å². The molecule has 0 unspecified atom stereocenters. The number of carbonyl (C=O) groups is 3. The predicted molar refractivity (Wildman–Crippen MR) is 114 cm³/mol. The number of hydrogen-bond acceptors (Lipinski definition) is 5. The summed E-state index contributed by atoms with van der Waals surface area (Å²) < 4.78 is 4.64. The van der Waals surface area contributed by atoms with E-state index >= 15 is 0 Å². The van der Waals surface area contributed by atoms with E-state index < -0.39 is 5.97 Å². The summed E-state index contributed by atoms with van der Waals surface area (Å²) in [7, 11) is 1.30. The fourth-order valence-corrected chi connectivity index (χ4v) is 3.78. The number of methoxy groups -OCH3 is 1. The molecule has 0 bridgehead atoms. The number of carbonyl (C=O) groups excluding carboxylic acids is 3. The van der Waals surface area contributed by atoms with E-state index in [0.29, 0.717) is 37.4 Å². The van der Waals surface area contributed by atoms with Crippen molar-refractivity contribution in [3.63, 3.8) is 0 Å². The highest BCUT2D eigenvalue weighted by Crippen LogP contribution is 2.23. The molecular formula is C24H28N2O4. The van der Waals surface area contributed by atoms with Crippen molar-refractivity contribution in [2.75, 3.05) is 20.2 Å². The number of amides is 1. The van der Waals surface area contributed by atoms with E-state index in [1.165, 1.54) is 31.0 Å². The minimum absolute atomic E-state index is 0.0698. The van der Waals surface area contributed by atoms with Crippen LogP contribution in [0, 0.1) is 11.8 Å². The fraction of sp³-hybridized carbons (Fsp3) is 0.417. The van der Waals surface area contributed by atoms with E-state index in [0.717, 1.165) is 12.0 Å². The SMILES string of the molecule is COC(=O)c1ccc(C(=O)N2CCC(C(=O)c3ccc(CC(C)C)cc3)CC2)nc1. The maximum atomic E-state index is 12.8. The summed E-state index contributed by atoms with van der Waals surface area (Å²) in [6.07, 6.45) is 3.62. The number of likely N-dealkylation sites (tertiary alicyclic amines) is 1. The standard InChI is InChI=1S/C24H28N2O4/c1-16(2)14-17-4-6-18(7-5-17)22(27)19-10-12-26(13-11-19)23(28)21-9-8-20(15-25-21)24(29)30-3/h4-9,15-16,19H,10-14H2,1-3H3. The van der Waals surface area contributed by atoms with Gasteiger partial charge in [-0.25, -0.2) is 4.79 Å². The van der Waals surface area contributed by atoms with Crippen LogP contribution in [-0.4, -0.2) is 47.7 Å². The molecule has 1 aliphatic heterocycles. The number of pyridine rings is 1. The van der Waals surface area contributed by atoms with Crippen LogP contribution in [0.5, 0.6) is 0 Å². The Bertz CT molecular complexity index is 896. The van der Waals surface area contributed by atoms with E-state index in [4.69, 9.17) is 0 Å². The van der Waals surface area contributed by atoms with Gasteiger partial charge in [0.1, 0.15) is 5.69 Å². The van der Waals surface area contributed by atoms with Gasteiger partial charge in [-0.05, 0) is 42.9 Å². The molecule has 0 radical (unpaired) electrons. The van der Waals surface area contributed by atoms with Crippen molar-refractivity contribution >= 4 is 17.7 Å². The van der Waals surface area contributed by atoms with Gasteiger partial charge in [-0.1, -0.05) is 38.1 Å². The van der Waals surface area contributed by atoms with E-state index in [2.05, 4.69) is 23.6 Å². The number of nitrogens with zero attached hydrogens (tertiary/aromatic N) is 2. The van der Waals surface area contributed by atoms with E-state index in [1.807, 2.05) is 24.3 Å². The Morgan fingerprint density at radius 1 is 1.03 bits per heavy atom. The molecule has 0 spiro atoms. The summed E-state index contributed by atoms with van der Waals surface area (Å²) in [4.78, 5) is 42.8. The van der Waals surface area contributed by atoms with Gasteiger partial charge >= 0.3 is 5.97 Å². The minimum atomic E-state index is -0.488. The Hall–Kier alpha value is -3.02. The number of benzene rings is 1. The summed E-state index contributed by atoms with van der Waals surface area (Å²) >= 11 is 0. The van der Waals surface area contributed by atoms with Crippen LogP contribution >= 0.6 is 0 Å². The normalized spacial score (nSPS) is 14.6. The molecule has 1 amide bonds. The van der Waals surface area contributed by atoms with Crippen LogP contribution in [0.4, 0.5) is 0 Å². The third-order valence-corrected chi connectivity index (χ3v) is 5.44. The fourth-order valence-electron chi connectivity index (χ4n) is 3.78. The topological polar surface area (TPSA) is 76.6 Å². The summed E-state index contributed by atoms with van der Waals surface area (Å²) in [5, 5.41) is 0. The number of aromatic nitrogens is 1. The van der Waals surface area contributed by atoms with Crippen molar-refractivity contribution < 1.29 is 19.1 Å². The second-order valence-corrected chi connectivity index (χ2v) is 8.15. The lowest BCUT2D eigenvalue weighted by atomic mass is 9.88. The molecule has 2 aromatic rings. The predicted octanol–water partition coefficient (Wildman–Crippen LogP) is 3.80. The molecule has 1 saturated heterocycles. The highest BCUT2D eigenvalue weighted by atomic mass is 16.5. The van der Waals surface area contributed by atoms with Gasteiger partial charge in [0.05, 0.1) is 12.7 Å². The molecule has 0 saturated carbocycles.